The summed E-state index contributed by atoms with van der Waals surface area (Å²) < 4.78 is 1.21. The molecule has 1 atom stereocenters. The minimum Gasteiger partial charge on any atom is -0.373 e. The maximum Gasteiger partial charge on any atom is 0.269 e. The number of rotatable bonds is 7. The molecule has 134 valence electrons. The van der Waals surface area contributed by atoms with Crippen LogP contribution in [-0.2, 0) is 11.2 Å². The van der Waals surface area contributed by atoms with E-state index < -0.39 is 6.04 Å². The Balaban J connectivity index is 2.05. The van der Waals surface area contributed by atoms with E-state index in [9.17, 15) is 9.59 Å². The molecule has 0 radical (unpaired) electrons. The lowest BCUT2D eigenvalue weighted by Gasteiger charge is -2.20. The van der Waals surface area contributed by atoms with Crippen LogP contribution >= 0.6 is 0 Å². The van der Waals surface area contributed by atoms with Gasteiger partial charge in [0, 0.05) is 25.7 Å². The molecule has 1 N–H and O–H groups in total. The van der Waals surface area contributed by atoms with Gasteiger partial charge in [-0.05, 0) is 32.8 Å². The first-order valence-electron chi connectivity index (χ1n) is 8.52. The van der Waals surface area contributed by atoms with Crippen molar-refractivity contribution in [1.29, 1.82) is 0 Å². The average Bonchev–Trinajstić information content (AvgIpc) is 2.59. The van der Waals surface area contributed by atoms with Crippen LogP contribution in [0.4, 0.5) is 5.69 Å². The summed E-state index contributed by atoms with van der Waals surface area (Å²) in [5.74, 6) is -0.213. The monoisotopic (exact) mass is 342 g/mol. The molecule has 0 aliphatic carbocycles. The van der Waals surface area contributed by atoms with E-state index in [0.717, 1.165) is 18.7 Å². The lowest BCUT2D eigenvalue weighted by molar-refractivity contribution is -0.124. The highest BCUT2D eigenvalue weighted by Crippen LogP contribution is 2.10. The van der Waals surface area contributed by atoms with Crippen molar-refractivity contribution >= 4 is 11.6 Å². The molecule has 0 spiro atoms. The zero-order valence-corrected chi connectivity index (χ0v) is 15.3. The first-order valence-corrected chi connectivity index (χ1v) is 8.52. The molecule has 1 unspecified atom stereocenters. The van der Waals surface area contributed by atoms with Gasteiger partial charge in [0.15, 0.2) is 0 Å². The first-order chi connectivity index (χ1) is 11.9. The standard InChI is InChI=1S/C19H26N4O2/c1-14(2)21-19(25)15(3)23-18(24)12-17(13-20-23)22(4)11-10-16-8-6-5-7-9-16/h5-9,12-15H,10-11H2,1-4H3,(H,21,25). The molecular formula is C19H26N4O2. The van der Waals surface area contributed by atoms with Gasteiger partial charge in [0.1, 0.15) is 6.04 Å². The van der Waals surface area contributed by atoms with Gasteiger partial charge < -0.3 is 10.2 Å². The van der Waals surface area contributed by atoms with Gasteiger partial charge in [-0.1, -0.05) is 30.3 Å². The quantitative estimate of drug-likeness (QED) is 0.836. The third-order valence-corrected chi connectivity index (χ3v) is 4.01. The zero-order chi connectivity index (χ0) is 18.4. The highest BCUT2D eigenvalue weighted by Gasteiger charge is 2.18. The number of benzene rings is 1. The summed E-state index contributed by atoms with van der Waals surface area (Å²) in [5.41, 5.74) is 1.71. The van der Waals surface area contributed by atoms with Crippen molar-refractivity contribution < 1.29 is 4.79 Å². The molecule has 1 amide bonds. The number of aromatic nitrogens is 2. The van der Waals surface area contributed by atoms with E-state index in [4.69, 9.17) is 0 Å². The van der Waals surface area contributed by atoms with Gasteiger partial charge in [-0.15, -0.1) is 0 Å². The third-order valence-electron chi connectivity index (χ3n) is 4.01. The summed E-state index contributed by atoms with van der Waals surface area (Å²) in [7, 11) is 1.93. The van der Waals surface area contributed by atoms with Crippen LogP contribution in [0.1, 0.15) is 32.4 Å². The van der Waals surface area contributed by atoms with Gasteiger partial charge in [-0.25, -0.2) is 4.68 Å². The Bertz CT molecular complexity index is 756. The second kappa shape index (κ2) is 8.46. The fourth-order valence-electron chi connectivity index (χ4n) is 2.49. The highest BCUT2D eigenvalue weighted by atomic mass is 16.2. The number of hydrogen-bond donors (Lipinski definition) is 1. The summed E-state index contributed by atoms with van der Waals surface area (Å²) in [6.07, 6.45) is 2.51. The fraction of sp³-hybridized carbons (Fsp3) is 0.421. The van der Waals surface area contributed by atoms with Crippen molar-refractivity contribution in [3.8, 4) is 0 Å². The van der Waals surface area contributed by atoms with Crippen LogP contribution in [0.5, 0.6) is 0 Å². The minimum absolute atomic E-state index is 0.0223. The van der Waals surface area contributed by atoms with Crippen molar-refractivity contribution in [1.82, 2.24) is 15.1 Å². The SMILES string of the molecule is CC(C)NC(=O)C(C)n1ncc(N(C)CCc2ccccc2)cc1=O. The van der Waals surface area contributed by atoms with Crippen molar-refractivity contribution in [2.24, 2.45) is 0 Å². The molecule has 0 bridgehead atoms. The van der Waals surface area contributed by atoms with E-state index in [0.29, 0.717) is 0 Å². The smallest absolute Gasteiger partial charge is 0.269 e. The molecule has 0 saturated heterocycles. The van der Waals surface area contributed by atoms with Crippen LogP contribution in [0, 0.1) is 0 Å². The van der Waals surface area contributed by atoms with Gasteiger partial charge in [0.05, 0.1) is 11.9 Å². The Morgan fingerprint density at radius 1 is 1.24 bits per heavy atom. The van der Waals surface area contributed by atoms with Crippen molar-refractivity contribution in [2.75, 3.05) is 18.5 Å². The summed E-state index contributed by atoms with van der Waals surface area (Å²) in [5, 5.41) is 6.98. The second-order valence-corrected chi connectivity index (χ2v) is 6.49. The number of anilines is 1. The number of amides is 1. The normalized spacial score (nSPS) is 12.0. The molecule has 0 aliphatic heterocycles. The van der Waals surface area contributed by atoms with Crippen molar-refractivity contribution in [3.63, 3.8) is 0 Å². The molecule has 0 aliphatic rings. The molecule has 2 rings (SSSR count). The van der Waals surface area contributed by atoms with Crippen molar-refractivity contribution in [3.05, 3.63) is 58.5 Å². The van der Waals surface area contributed by atoms with E-state index in [1.54, 1.807) is 13.1 Å². The predicted octanol–water partition coefficient (Wildman–Crippen LogP) is 2.01. The number of nitrogens with zero attached hydrogens (tertiary/aromatic N) is 3. The molecular weight excluding hydrogens is 316 g/mol. The number of carbonyl (C=O) groups excluding carboxylic acids is 1. The maximum absolute atomic E-state index is 12.3. The number of likely N-dealkylation sites (N-methyl/N-ethyl adjacent to an activating group) is 1. The molecule has 1 heterocycles. The fourth-order valence-corrected chi connectivity index (χ4v) is 2.49. The first kappa shape index (κ1) is 18.7. The lowest BCUT2D eigenvalue weighted by atomic mass is 10.1. The van der Waals surface area contributed by atoms with Crippen LogP contribution in [0.2, 0.25) is 0 Å². The summed E-state index contributed by atoms with van der Waals surface area (Å²) in [4.78, 5) is 26.4. The van der Waals surface area contributed by atoms with Crippen LogP contribution in [0.3, 0.4) is 0 Å². The van der Waals surface area contributed by atoms with E-state index in [1.165, 1.54) is 16.3 Å². The zero-order valence-electron chi connectivity index (χ0n) is 15.3. The van der Waals surface area contributed by atoms with E-state index in [2.05, 4.69) is 22.5 Å². The average molecular weight is 342 g/mol. The molecule has 2 aromatic rings. The molecule has 0 fully saturated rings. The van der Waals surface area contributed by atoms with Gasteiger partial charge in [-0.2, -0.15) is 5.10 Å². The lowest BCUT2D eigenvalue weighted by Crippen LogP contribution is -2.40. The Kier molecular flexibility index (Phi) is 6.33. The van der Waals surface area contributed by atoms with Crippen LogP contribution < -0.4 is 15.8 Å². The molecule has 1 aromatic heterocycles. The molecule has 0 saturated carbocycles. The third kappa shape index (κ3) is 5.17. The minimum atomic E-state index is -0.640. The number of hydrogen-bond acceptors (Lipinski definition) is 4. The van der Waals surface area contributed by atoms with Crippen molar-refractivity contribution in [2.45, 2.75) is 39.3 Å². The number of nitrogens with one attached hydrogen (secondary N) is 1. The maximum atomic E-state index is 12.3. The Hall–Kier alpha value is -2.63. The summed E-state index contributed by atoms with van der Waals surface area (Å²) in [6.45, 7) is 6.21. The topological polar surface area (TPSA) is 67.2 Å². The van der Waals surface area contributed by atoms with Gasteiger partial charge in [-0.3, -0.25) is 9.59 Å². The molecule has 6 heteroatoms. The summed E-state index contributed by atoms with van der Waals surface area (Å²) in [6, 6.07) is 11.1. The van der Waals surface area contributed by atoms with Crippen LogP contribution in [0.25, 0.3) is 0 Å². The molecule has 25 heavy (non-hydrogen) atoms. The Labute approximate surface area is 148 Å². The van der Waals surface area contributed by atoms with Gasteiger partial charge in [0.2, 0.25) is 5.91 Å². The van der Waals surface area contributed by atoms with Gasteiger partial charge >= 0.3 is 0 Å². The molecule has 1 aromatic carbocycles. The number of carbonyl (C=O) groups is 1. The Morgan fingerprint density at radius 3 is 2.52 bits per heavy atom. The van der Waals surface area contributed by atoms with Crippen LogP contribution in [-0.4, -0.2) is 35.3 Å². The predicted molar refractivity (Wildman–Crippen MR) is 99.9 cm³/mol. The van der Waals surface area contributed by atoms with E-state index in [-0.39, 0.29) is 17.5 Å². The molecule has 6 nitrogen and oxygen atoms in total. The second-order valence-electron chi connectivity index (χ2n) is 6.49. The van der Waals surface area contributed by atoms with E-state index >= 15 is 0 Å². The highest BCUT2D eigenvalue weighted by molar-refractivity contribution is 5.79. The summed E-state index contributed by atoms with van der Waals surface area (Å²) >= 11 is 0. The van der Waals surface area contributed by atoms with Gasteiger partial charge in [0.25, 0.3) is 5.56 Å². The largest absolute Gasteiger partial charge is 0.373 e. The van der Waals surface area contributed by atoms with E-state index in [1.807, 2.05) is 44.0 Å². The van der Waals surface area contributed by atoms with Crippen LogP contribution in [0.15, 0.2) is 47.4 Å². The Morgan fingerprint density at radius 2 is 1.92 bits per heavy atom.